The van der Waals surface area contributed by atoms with E-state index in [1.165, 1.54) is 65.6 Å². The molecular weight excluding hydrogens is 318 g/mol. The first-order valence-corrected chi connectivity index (χ1v) is 9.94. The minimum Gasteiger partial charge on any atom is -0.353 e. The summed E-state index contributed by atoms with van der Waals surface area (Å²) >= 11 is 0. The van der Waals surface area contributed by atoms with Crippen molar-refractivity contribution < 1.29 is 0 Å². The number of para-hydroxylation sites is 1. The number of fused-ring (bicyclic) bond motifs is 4. The van der Waals surface area contributed by atoms with Gasteiger partial charge in [-0.15, -0.1) is 0 Å². The van der Waals surface area contributed by atoms with Gasteiger partial charge in [0.25, 0.3) is 0 Å². The van der Waals surface area contributed by atoms with Crippen molar-refractivity contribution in [3.63, 3.8) is 0 Å². The molecule has 0 saturated heterocycles. The molecule has 1 saturated carbocycles. The molecule has 1 unspecified atom stereocenters. The van der Waals surface area contributed by atoms with Crippen LogP contribution in [0.25, 0.3) is 11.0 Å². The number of aryl methyl sites for hydroxylation is 2. The van der Waals surface area contributed by atoms with Crippen molar-refractivity contribution in [2.75, 3.05) is 4.90 Å². The predicted octanol–water partition coefficient (Wildman–Crippen LogP) is 5.62. The third kappa shape index (κ3) is 1.92. The number of pyridine rings is 1. The second-order valence-electron chi connectivity index (χ2n) is 8.12. The first-order valence-electron chi connectivity index (χ1n) is 9.94. The zero-order chi connectivity index (χ0) is 17.9. The second-order valence-corrected chi connectivity index (χ2v) is 8.12. The Morgan fingerprint density at radius 1 is 1.04 bits per heavy atom. The Balaban J connectivity index is 1.82. The third-order valence-corrected chi connectivity index (χ3v) is 6.76. The first kappa shape index (κ1) is 15.9. The molecule has 5 rings (SSSR count). The molecule has 0 amide bonds. The molecule has 1 spiro atoms. The number of aromatic nitrogens is 2. The Morgan fingerprint density at radius 2 is 1.81 bits per heavy atom. The third-order valence-electron chi connectivity index (χ3n) is 6.76. The van der Waals surface area contributed by atoms with Gasteiger partial charge in [-0.05, 0) is 50.5 Å². The summed E-state index contributed by atoms with van der Waals surface area (Å²) in [5.74, 6) is 0. The Kier molecular flexibility index (Phi) is 3.43. The Labute approximate surface area is 155 Å². The van der Waals surface area contributed by atoms with Gasteiger partial charge in [-0.2, -0.15) is 0 Å². The van der Waals surface area contributed by atoms with Gasteiger partial charge < -0.3 is 9.47 Å². The molecular formula is C23H27N3. The van der Waals surface area contributed by atoms with Gasteiger partial charge in [-0.25, -0.2) is 0 Å². The maximum atomic E-state index is 4.81. The topological polar surface area (TPSA) is 21.1 Å². The largest absolute Gasteiger partial charge is 0.353 e. The van der Waals surface area contributed by atoms with Gasteiger partial charge in [-0.3, -0.25) is 4.98 Å². The fraction of sp³-hybridized carbons (Fsp3) is 0.435. The lowest BCUT2D eigenvalue weighted by Crippen LogP contribution is -2.45. The normalized spacial score (nSPS) is 21.5. The molecule has 1 atom stereocenters. The number of anilines is 1. The number of hydrogen-bond donors (Lipinski definition) is 0. The average Bonchev–Trinajstić information content (AvgIpc) is 3.09. The van der Waals surface area contributed by atoms with Crippen LogP contribution in [0, 0.1) is 6.92 Å². The molecule has 1 aromatic carbocycles. The summed E-state index contributed by atoms with van der Waals surface area (Å²) in [6.45, 7) is 4.63. The minimum atomic E-state index is 0.106. The molecule has 0 radical (unpaired) electrons. The van der Waals surface area contributed by atoms with Gasteiger partial charge in [0.15, 0.2) is 0 Å². The molecule has 3 heteroatoms. The fourth-order valence-corrected chi connectivity index (χ4v) is 5.75. The van der Waals surface area contributed by atoms with Crippen LogP contribution in [0.15, 0.2) is 42.6 Å². The highest BCUT2D eigenvalue weighted by Gasteiger charge is 2.52. The smallest absolute Gasteiger partial charge is 0.0937 e. The summed E-state index contributed by atoms with van der Waals surface area (Å²) in [7, 11) is 2.24. The van der Waals surface area contributed by atoms with Crippen LogP contribution in [-0.2, 0) is 12.6 Å². The lowest BCUT2D eigenvalue weighted by Gasteiger charge is -2.46. The SMILES string of the molecule is Cc1ccccc1N1C(C)c2c(n(C)c3cccnc23)C12CCCCC2. The van der Waals surface area contributed by atoms with Crippen molar-refractivity contribution in [2.24, 2.45) is 7.05 Å². The molecule has 3 nitrogen and oxygen atoms in total. The first-order chi connectivity index (χ1) is 12.6. The standard InChI is InChI=1S/C23H27N3/c1-16-10-5-6-11-18(16)26-17(2)20-21-19(12-9-15-24-21)25(3)22(20)23(26)13-7-4-8-14-23/h5-6,9-12,15,17H,4,7-8,13-14H2,1-3H3. The molecule has 0 bridgehead atoms. The van der Waals surface area contributed by atoms with Crippen LogP contribution in [0.2, 0.25) is 0 Å². The Morgan fingerprint density at radius 3 is 2.58 bits per heavy atom. The van der Waals surface area contributed by atoms with Crippen molar-refractivity contribution in [3.05, 3.63) is 59.4 Å². The van der Waals surface area contributed by atoms with Crippen molar-refractivity contribution in [1.82, 2.24) is 9.55 Å². The number of hydrogen-bond acceptors (Lipinski definition) is 2. The van der Waals surface area contributed by atoms with E-state index in [0.29, 0.717) is 6.04 Å². The molecule has 26 heavy (non-hydrogen) atoms. The van der Waals surface area contributed by atoms with Crippen LogP contribution in [0.5, 0.6) is 0 Å². The van der Waals surface area contributed by atoms with E-state index in [9.17, 15) is 0 Å². The summed E-state index contributed by atoms with van der Waals surface area (Å²) in [6, 6.07) is 13.5. The van der Waals surface area contributed by atoms with Crippen molar-refractivity contribution >= 4 is 16.7 Å². The van der Waals surface area contributed by atoms with E-state index in [4.69, 9.17) is 4.98 Å². The van der Waals surface area contributed by atoms with Crippen molar-refractivity contribution in [1.29, 1.82) is 0 Å². The van der Waals surface area contributed by atoms with Crippen LogP contribution < -0.4 is 4.90 Å². The highest BCUT2D eigenvalue weighted by molar-refractivity contribution is 5.85. The molecule has 134 valence electrons. The van der Waals surface area contributed by atoms with Crippen LogP contribution in [0.4, 0.5) is 5.69 Å². The lowest BCUT2D eigenvalue weighted by atomic mass is 9.78. The summed E-state index contributed by atoms with van der Waals surface area (Å²) in [6.07, 6.45) is 8.40. The van der Waals surface area contributed by atoms with Crippen LogP contribution in [0.1, 0.15) is 61.9 Å². The van der Waals surface area contributed by atoms with Gasteiger partial charge >= 0.3 is 0 Å². The molecule has 3 aromatic rings. The van der Waals surface area contributed by atoms with E-state index in [0.717, 1.165) is 0 Å². The maximum absolute atomic E-state index is 4.81. The number of rotatable bonds is 1. The van der Waals surface area contributed by atoms with Crippen molar-refractivity contribution in [3.8, 4) is 0 Å². The molecule has 1 aliphatic heterocycles. The van der Waals surface area contributed by atoms with E-state index in [2.05, 4.69) is 66.8 Å². The van der Waals surface area contributed by atoms with Gasteiger partial charge in [-0.1, -0.05) is 37.5 Å². The van der Waals surface area contributed by atoms with Gasteiger partial charge in [0.1, 0.15) is 0 Å². The maximum Gasteiger partial charge on any atom is 0.0937 e. The number of nitrogens with zero attached hydrogens (tertiary/aromatic N) is 3. The monoisotopic (exact) mass is 345 g/mol. The highest BCUT2D eigenvalue weighted by atomic mass is 15.3. The zero-order valence-electron chi connectivity index (χ0n) is 16.0. The van der Waals surface area contributed by atoms with E-state index in [1.807, 2.05) is 6.20 Å². The molecule has 2 aliphatic rings. The van der Waals surface area contributed by atoms with Gasteiger partial charge in [0.2, 0.25) is 0 Å². The highest BCUT2D eigenvalue weighted by Crippen LogP contribution is 2.57. The quantitative estimate of drug-likeness (QED) is 0.570. The summed E-state index contributed by atoms with van der Waals surface area (Å²) in [4.78, 5) is 7.54. The second kappa shape index (κ2) is 5.60. The number of benzene rings is 1. The summed E-state index contributed by atoms with van der Waals surface area (Å²) in [5.41, 5.74) is 8.30. The zero-order valence-corrected chi connectivity index (χ0v) is 16.0. The van der Waals surface area contributed by atoms with Crippen LogP contribution in [-0.4, -0.2) is 9.55 Å². The van der Waals surface area contributed by atoms with Crippen LogP contribution in [0.3, 0.4) is 0 Å². The molecule has 2 aromatic heterocycles. The summed E-state index contributed by atoms with van der Waals surface area (Å²) < 4.78 is 2.44. The molecule has 3 heterocycles. The predicted molar refractivity (Wildman–Crippen MR) is 108 cm³/mol. The van der Waals surface area contributed by atoms with Crippen LogP contribution >= 0.6 is 0 Å². The van der Waals surface area contributed by atoms with Gasteiger partial charge in [0, 0.05) is 24.5 Å². The van der Waals surface area contributed by atoms with Gasteiger partial charge in [0.05, 0.1) is 28.3 Å². The summed E-state index contributed by atoms with van der Waals surface area (Å²) in [5, 5.41) is 0. The molecule has 0 N–H and O–H groups in total. The fourth-order valence-electron chi connectivity index (χ4n) is 5.75. The Bertz CT molecular complexity index is 978. The van der Waals surface area contributed by atoms with E-state index >= 15 is 0 Å². The molecule has 1 fully saturated rings. The van der Waals surface area contributed by atoms with Crippen molar-refractivity contribution in [2.45, 2.75) is 57.5 Å². The Hall–Kier alpha value is -2.29. The molecule has 1 aliphatic carbocycles. The van der Waals surface area contributed by atoms with E-state index in [1.54, 1.807) is 0 Å². The van der Waals surface area contributed by atoms with E-state index < -0.39 is 0 Å². The average molecular weight is 345 g/mol. The lowest BCUT2D eigenvalue weighted by molar-refractivity contribution is 0.273. The minimum absolute atomic E-state index is 0.106. The van der Waals surface area contributed by atoms with E-state index in [-0.39, 0.29) is 5.54 Å².